The zero-order valence-corrected chi connectivity index (χ0v) is 12.2. The second kappa shape index (κ2) is 5.99. The van der Waals surface area contributed by atoms with Gasteiger partial charge in [0.15, 0.2) is 0 Å². The maximum absolute atomic E-state index is 12.1. The molecule has 0 unspecified atom stereocenters. The van der Waals surface area contributed by atoms with Gasteiger partial charge in [0.05, 0.1) is 24.8 Å². The van der Waals surface area contributed by atoms with Crippen LogP contribution in [0.1, 0.15) is 9.67 Å². The number of thiophene rings is 1. The summed E-state index contributed by atoms with van der Waals surface area (Å²) in [5.41, 5.74) is 0.570. The Hall–Kier alpha value is -1.66. The van der Waals surface area contributed by atoms with Crippen LogP contribution in [0.2, 0.25) is 0 Å². The number of carbonyl (C=O) groups is 1. The molecule has 1 heterocycles. The summed E-state index contributed by atoms with van der Waals surface area (Å²) in [7, 11) is 3.12. The number of anilines is 1. The highest BCUT2D eigenvalue weighted by molar-refractivity contribution is 7.80. The number of hydrogen-bond acceptors (Lipinski definition) is 5. The number of hydrogen-bond donors (Lipinski definition) is 2. The third kappa shape index (κ3) is 3.21. The van der Waals surface area contributed by atoms with E-state index in [1.807, 2.05) is 0 Å². The quantitative estimate of drug-likeness (QED) is 0.851. The summed E-state index contributed by atoms with van der Waals surface area (Å²) < 4.78 is 10.3. The van der Waals surface area contributed by atoms with Crippen molar-refractivity contribution in [3.63, 3.8) is 0 Å². The third-order valence-corrected chi connectivity index (χ3v) is 3.83. The maximum atomic E-state index is 12.1. The molecule has 1 aromatic heterocycles. The molecule has 0 atom stereocenters. The summed E-state index contributed by atoms with van der Waals surface area (Å²) in [5.74, 6) is 1.03. The van der Waals surface area contributed by atoms with Crippen LogP contribution in [-0.4, -0.2) is 20.1 Å². The molecule has 4 nitrogen and oxygen atoms in total. The molecule has 0 bridgehead atoms. The number of thiol groups is 1. The molecular weight excluding hydrogens is 282 g/mol. The Labute approximate surface area is 120 Å². The lowest BCUT2D eigenvalue weighted by Gasteiger charge is -2.11. The molecule has 1 aromatic carbocycles. The fourth-order valence-electron chi connectivity index (χ4n) is 1.54. The normalized spacial score (nSPS) is 10.1. The topological polar surface area (TPSA) is 47.6 Å². The molecule has 0 saturated carbocycles. The average Bonchev–Trinajstić information content (AvgIpc) is 2.85. The van der Waals surface area contributed by atoms with E-state index in [9.17, 15) is 4.79 Å². The summed E-state index contributed by atoms with van der Waals surface area (Å²) in [4.78, 5) is 13.4. The van der Waals surface area contributed by atoms with Gasteiger partial charge in [-0.2, -0.15) is 0 Å². The van der Waals surface area contributed by atoms with Gasteiger partial charge in [-0.3, -0.25) is 4.79 Å². The monoisotopic (exact) mass is 295 g/mol. The lowest BCUT2D eigenvalue weighted by Crippen LogP contribution is -2.11. The summed E-state index contributed by atoms with van der Waals surface area (Å²) >= 11 is 5.52. The first-order valence-electron chi connectivity index (χ1n) is 5.45. The Morgan fingerprint density at radius 3 is 2.63 bits per heavy atom. The summed E-state index contributed by atoms with van der Waals surface area (Å²) in [6, 6.07) is 6.94. The molecule has 6 heteroatoms. The van der Waals surface area contributed by atoms with Gasteiger partial charge in [0.1, 0.15) is 11.5 Å². The van der Waals surface area contributed by atoms with Crippen molar-refractivity contribution in [1.82, 2.24) is 0 Å². The first-order valence-corrected chi connectivity index (χ1v) is 6.77. The average molecular weight is 295 g/mol. The van der Waals surface area contributed by atoms with E-state index in [0.29, 0.717) is 22.1 Å². The molecule has 0 radical (unpaired) electrons. The molecule has 0 aliphatic carbocycles. The maximum Gasteiger partial charge on any atom is 0.265 e. The van der Waals surface area contributed by atoms with Gasteiger partial charge in [0.25, 0.3) is 5.91 Å². The molecular formula is C13H13NO3S2. The Bertz CT molecular complexity index is 595. The minimum absolute atomic E-state index is 0.197. The SMILES string of the molecule is COc1ccc(OC)c(NC(=O)c2cc(S)cs2)c1. The summed E-state index contributed by atoms with van der Waals surface area (Å²) in [6.07, 6.45) is 0. The Morgan fingerprint density at radius 1 is 1.26 bits per heavy atom. The third-order valence-electron chi connectivity index (χ3n) is 2.46. The Kier molecular flexibility index (Phi) is 4.34. The van der Waals surface area contributed by atoms with Gasteiger partial charge in [-0.1, -0.05) is 0 Å². The number of methoxy groups -OCH3 is 2. The number of carbonyl (C=O) groups excluding carboxylic acids is 1. The number of amides is 1. The highest BCUT2D eigenvalue weighted by Crippen LogP contribution is 2.30. The second-order valence-electron chi connectivity index (χ2n) is 3.69. The molecule has 100 valence electrons. The largest absolute Gasteiger partial charge is 0.497 e. The van der Waals surface area contributed by atoms with Crippen molar-refractivity contribution in [3.05, 3.63) is 34.5 Å². The van der Waals surface area contributed by atoms with Gasteiger partial charge in [0.2, 0.25) is 0 Å². The zero-order valence-electron chi connectivity index (χ0n) is 10.5. The molecule has 0 aliphatic rings. The molecule has 2 rings (SSSR count). The van der Waals surface area contributed by atoms with Crippen molar-refractivity contribution in [3.8, 4) is 11.5 Å². The molecule has 0 aliphatic heterocycles. The van der Waals surface area contributed by atoms with E-state index >= 15 is 0 Å². The summed E-state index contributed by atoms with van der Waals surface area (Å²) in [6.45, 7) is 0. The highest BCUT2D eigenvalue weighted by atomic mass is 32.1. The fourth-order valence-corrected chi connectivity index (χ4v) is 2.58. The standard InChI is InChI=1S/C13H13NO3S2/c1-16-8-3-4-11(17-2)10(5-8)14-13(15)12-6-9(18)7-19-12/h3-7,18H,1-2H3,(H,14,15). The van der Waals surface area contributed by atoms with Gasteiger partial charge in [-0.25, -0.2) is 0 Å². The molecule has 0 spiro atoms. The molecule has 1 amide bonds. The van der Waals surface area contributed by atoms with Crippen molar-refractivity contribution in [2.24, 2.45) is 0 Å². The molecule has 2 aromatic rings. The van der Waals surface area contributed by atoms with E-state index in [-0.39, 0.29) is 5.91 Å². The van der Waals surface area contributed by atoms with E-state index in [4.69, 9.17) is 9.47 Å². The second-order valence-corrected chi connectivity index (χ2v) is 5.12. The molecule has 1 N–H and O–H groups in total. The Morgan fingerprint density at radius 2 is 2.05 bits per heavy atom. The van der Waals surface area contributed by atoms with Crippen LogP contribution in [0.25, 0.3) is 0 Å². The molecule has 0 saturated heterocycles. The van der Waals surface area contributed by atoms with E-state index in [1.54, 1.807) is 43.9 Å². The predicted octanol–water partition coefficient (Wildman–Crippen LogP) is 3.31. The van der Waals surface area contributed by atoms with E-state index in [2.05, 4.69) is 17.9 Å². The number of ether oxygens (including phenoxy) is 2. The van der Waals surface area contributed by atoms with E-state index in [0.717, 1.165) is 4.90 Å². The van der Waals surface area contributed by atoms with Crippen molar-refractivity contribution in [2.75, 3.05) is 19.5 Å². The van der Waals surface area contributed by atoms with Crippen LogP contribution in [0.15, 0.2) is 34.5 Å². The van der Waals surface area contributed by atoms with Crippen LogP contribution in [0.3, 0.4) is 0 Å². The highest BCUT2D eigenvalue weighted by Gasteiger charge is 2.12. The minimum Gasteiger partial charge on any atom is -0.497 e. The van der Waals surface area contributed by atoms with Crippen LogP contribution in [0, 0.1) is 0 Å². The van der Waals surface area contributed by atoms with Crippen molar-refractivity contribution in [2.45, 2.75) is 4.90 Å². The molecule has 0 fully saturated rings. The van der Waals surface area contributed by atoms with Crippen LogP contribution in [-0.2, 0) is 0 Å². The van der Waals surface area contributed by atoms with Crippen molar-refractivity contribution in [1.29, 1.82) is 0 Å². The lowest BCUT2D eigenvalue weighted by molar-refractivity contribution is 0.103. The van der Waals surface area contributed by atoms with Gasteiger partial charge >= 0.3 is 0 Å². The van der Waals surface area contributed by atoms with Crippen LogP contribution in [0.4, 0.5) is 5.69 Å². The van der Waals surface area contributed by atoms with E-state index < -0.39 is 0 Å². The van der Waals surface area contributed by atoms with Gasteiger partial charge in [-0.05, 0) is 18.2 Å². The van der Waals surface area contributed by atoms with Gasteiger partial charge < -0.3 is 14.8 Å². The Balaban J connectivity index is 2.24. The lowest BCUT2D eigenvalue weighted by atomic mass is 10.2. The van der Waals surface area contributed by atoms with Crippen molar-refractivity contribution >= 4 is 35.6 Å². The zero-order chi connectivity index (χ0) is 13.8. The van der Waals surface area contributed by atoms with E-state index in [1.165, 1.54) is 11.3 Å². The smallest absolute Gasteiger partial charge is 0.265 e. The van der Waals surface area contributed by atoms with Crippen LogP contribution in [0.5, 0.6) is 11.5 Å². The predicted molar refractivity (Wildman–Crippen MR) is 79.1 cm³/mol. The number of nitrogens with one attached hydrogen (secondary N) is 1. The van der Waals surface area contributed by atoms with Crippen LogP contribution >= 0.6 is 24.0 Å². The first-order chi connectivity index (χ1) is 9.13. The number of benzene rings is 1. The van der Waals surface area contributed by atoms with Crippen LogP contribution < -0.4 is 14.8 Å². The number of rotatable bonds is 4. The van der Waals surface area contributed by atoms with Gasteiger partial charge in [-0.15, -0.1) is 24.0 Å². The minimum atomic E-state index is -0.197. The molecule has 19 heavy (non-hydrogen) atoms. The van der Waals surface area contributed by atoms with Gasteiger partial charge in [0, 0.05) is 16.3 Å². The van der Waals surface area contributed by atoms with Crippen molar-refractivity contribution < 1.29 is 14.3 Å². The first kappa shape index (κ1) is 13.8. The summed E-state index contributed by atoms with van der Waals surface area (Å²) in [5, 5.41) is 4.60. The fraction of sp³-hybridized carbons (Fsp3) is 0.154.